The summed E-state index contributed by atoms with van der Waals surface area (Å²) in [6, 6.07) is 12.2. The number of hydrogen-bond acceptors (Lipinski definition) is 2. The van der Waals surface area contributed by atoms with Crippen molar-refractivity contribution >= 4 is 71.6 Å². The number of aromatic nitrogens is 1. The Labute approximate surface area is 242 Å². The molecule has 0 fully saturated rings. The second-order valence-corrected chi connectivity index (χ2v) is 12.2. The van der Waals surface area contributed by atoms with E-state index in [9.17, 15) is 9.90 Å². The molecule has 5 rings (SSSR count). The molecule has 2 heterocycles. The minimum atomic E-state index is -0.148. The van der Waals surface area contributed by atoms with Gasteiger partial charge in [0.15, 0.2) is 12.0 Å². The lowest BCUT2D eigenvalue weighted by Gasteiger charge is -2.31. The van der Waals surface area contributed by atoms with Crippen LogP contribution in [0.15, 0.2) is 62.9 Å². The van der Waals surface area contributed by atoms with E-state index >= 15 is 0 Å². The first-order valence-electron chi connectivity index (χ1n) is 13.8. The third-order valence-corrected chi connectivity index (χ3v) is 8.62. The first-order chi connectivity index (χ1) is 18.4. The van der Waals surface area contributed by atoms with E-state index in [1.807, 2.05) is 36.7 Å². The Hall–Kier alpha value is -2.44. The quantitative estimate of drug-likeness (QED) is 0.121. The fourth-order valence-corrected chi connectivity index (χ4v) is 6.33. The molecular formula is C32H34Br2N2O2. The van der Waals surface area contributed by atoms with Gasteiger partial charge in [0.2, 0.25) is 5.69 Å². The van der Waals surface area contributed by atoms with Gasteiger partial charge in [0.25, 0.3) is 0 Å². The highest BCUT2D eigenvalue weighted by Crippen LogP contribution is 2.45. The molecule has 0 radical (unpaired) electrons. The predicted molar refractivity (Wildman–Crippen MR) is 162 cm³/mol. The van der Waals surface area contributed by atoms with Crippen LogP contribution < -0.4 is 5.11 Å². The molecule has 0 atom stereocenters. The van der Waals surface area contributed by atoms with Gasteiger partial charge < -0.3 is 9.67 Å². The van der Waals surface area contributed by atoms with Crippen LogP contribution in [-0.4, -0.2) is 27.7 Å². The summed E-state index contributed by atoms with van der Waals surface area (Å²) >= 11 is 7.17. The van der Waals surface area contributed by atoms with Crippen LogP contribution in [0.25, 0.3) is 22.0 Å². The Bertz CT molecular complexity index is 1490. The smallest absolute Gasteiger partial charge is 0.213 e. The van der Waals surface area contributed by atoms with Crippen molar-refractivity contribution < 1.29 is 14.5 Å². The van der Waals surface area contributed by atoms with Gasteiger partial charge in [0.05, 0.1) is 11.1 Å². The molecule has 0 spiro atoms. The van der Waals surface area contributed by atoms with Crippen molar-refractivity contribution in [1.29, 1.82) is 0 Å². The van der Waals surface area contributed by atoms with Gasteiger partial charge in [-0.05, 0) is 43.2 Å². The average molecular weight is 638 g/mol. The lowest BCUT2D eigenvalue weighted by molar-refractivity contribution is -0.432. The molecule has 0 amide bonds. The van der Waals surface area contributed by atoms with Crippen molar-refractivity contribution in [3.05, 3.63) is 74.0 Å². The summed E-state index contributed by atoms with van der Waals surface area (Å²) in [6.07, 6.45) is 13.3. The fourth-order valence-electron chi connectivity index (χ4n) is 5.61. The van der Waals surface area contributed by atoms with Crippen LogP contribution >= 0.6 is 31.9 Å². The van der Waals surface area contributed by atoms with Crippen molar-refractivity contribution in [3.8, 4) is 0 Å². The van der Waals surface area contributed by atoms with Crippen LogP contribution in [0.1, 0.15) is 76.3 Å². The number of benzene rings is 2. The van der Waals surface area contributed by atoms with Gasteiger partial charge in [-0.2, -0.15) is 4.58 Å². The Kier molecular flexibility index (Phi) is 8.39. The van der Waals surface area contributed by atoms with E-state index in [4.69, 9.17) is 0 Å². The molecule has 3 aromatic rings. The largest absolute Gasteiger partial charge is 0.871 e. The van der Waals surface area contributed by atoms with Crippen LogP contribution in [0.2, 0.25) is 0 Å². The molecule has 1 aromatic heterocycles. The van der Waals surface area contributed by atoms with Crippen LogP contribution in [0.5, 0.6) is 0 Å². The van der Waals surface area contributed by atoms with Crippen molar-refractivity contribution in [2.24, 2.45) is 0 Å². The third kappa shape index (κ3) is 5.10. The van der Waals surface area contributed by atoms with Crippen LogP contribution in [-0.2, 0) is 11.3 Å². The first-order valence-corrected chi connectivity index (χ1v) is 15.4. The number of carbonyl (C=O) groups excluding carboxylic acids is 1. The Morgan fingerprint density at radius 3 is 2.29 bits per heavy atom. The van der Waals surface area contributed by atoms with Gasteiger partial charge in [0.1, 0.15) is 6.54 Å². The molecule has 6 heteroatoms. The number of halogens is 2. The van der Waals surface area contributed by atoms with Crippen molar-refractivity contribution in [1.82, 2.24) is 4.57 Å². The second-order valence-electron chi connectivity index (χ2n) is 10.3. The number of rotatable bonds is 11. The highest BCUT2D eigenvalue weighted by Gasteiger charge is 2.37. The minimum absolute atomic E-state index is 0.148. The van der Waals surface area contributed by atoms with E-state index in [-0.39, 0.29) is 11.5 Å². The molecule has 0 unspecified atom stereocenters. The van der Waals surface area contributed by atoms with E-state index in [1.165, 1.54) is 38.5 Å². The molecule has 198 valence electrons. The Morgan fingerprint density at radius 1 is 0.842 bits per heavy atom. The van der Waals surface area contributed by atoms with Gasteiger partial charge >= 0.3 is 0 Å². The second kappa shape index (κ2) is 11.7. The first kappa shape index (κ1) is 27.1. The monoisotopic (exact) mass is 636 g/mol. The van der Waals surface area contributed by atoms with Gasteiger partial charge in [-0.25, -0.2) is 0 Å². The zero-order chi connectivity index (χ0) is 26.8. The standard InChI is InChI=1S/C32H34Br2N2O2/c1-3-5-7-9-15-35-19-25(23-17-21(33)11-13-27(23)35)29-31(37)30(32(29)38)26-20-36(16-10-8-6-4-2)28-14-12-22(34)18-24(26)28/h11-14,17-20H,3-10,15-16H2,1-2H3. The van der Waals surface area contributed by atoms with Crippen LogP contribution in [0.4, 0.5) is 5.69 Å². The molecule has 1 aliphatic carbocycles. The summed E-state index contributed by atoms with van der Waals surface area (Å²) in [5, 5.41) is 14.7. The summed E-state index contributed by atoms with van der Waals surface area (Å²) in [7, 11) is 0. The van der Waals surface area contributed by atoms with Gasteiger partial charge in [-0.1, -0.05) is 83.6 Å². The van der Waals surface area contributed by atoms with Crippen molar-refractivity contribution in [2.75, 3.05) is 6.54 Å². The number of hydrogen-bond donors (Lipinski definition) is 0. The number of nitrogens with zero attached hydrogens (tertiary/aromatic N) is 2. The number of allylic oxidation sites excluding steroid dienone is 3. The molecular weight excluding hydrogens is 604 g/mol. The fraction of sp³-hybridized carbons (Fsp3) is 0.375. The lowest BCUT2D eigenvalue weighted by Crippen LogP contribution is -2.30. The Balaban J connectivity index is 1.55. The lowest BCUT2D eigenvalue weighted by atomic mass is 9.80. The maximum atomic E-state index is 13.7. The summed E-state index contributed by atoms with van der Waals surface area (Å²) < 4.78 is 6.29. The molecule has 4 nitrogen and oxygen atoms in total. The highest BCUT2D eigenvalue weighted by atomic mass is 79.9. The van der Waals surface area contributed by atoms with E-state index in [0.717, 1.165) is 68.2 Å². The zero-order valence-corrected chi connectivity index (χ0v) is 25.3. The molecule has 0 N–H and O–H groups in total. The minimum Gasteiger partial charge on any atom is -0.871 e. The maximum Gasteiger partial charge on any atom is 0.213 e. The van der Waals surface area contributed by atoms with Gasteiger partial charge in [-0.15, -0.1) is 0 Å². The number of unbranched alkanes of at least 4 members (excludes halogenated alkanes) is 6. The number of fused-ring (bicyclic) bond motifs is 2. The molecule has 0 saturated heterocycles. The summed E-state index contributed by atoms with van der Waals surface area (Å²) in [4.78, 5) is 13.7. The summed E-state index contributed by atoms with van der Waals surface area (Å²) in [6.45, 7) is 6.18. The highest BCUT2D eigenvalue weighted by molar-refractivity contribution is 9.10. The maximum absolute atomic E-state index is 13.7. The third-order valence-electron chi connectivity index (χ3n) is 7.64. The molecule has 0 bridgehead atoms. The number of carbonyl (C=O) groups is 1. The SMILES string of the molecule is CCCCCCn1cc(C2=C([O-])C(=C3C=[N+](CCCCCC)c4ccc(Br)cc43)C2=O)c2cc(Br)ccc21. The van der Waals surface area contributed by atoms with Crippen molar-refractivity contribution in [2.45, 2.75) is 71.8 Å². The molecule has 38 heavy (non-hydrogen) atoms. The molecule has 1 aliphatic heterocycles. The Morgan fingerprint density at radius 2 is 1.55 bits per heavy atom. The number of aryl methyl sites for hydroxylation is 1. The van der Waals surface area contributed by atoms with E-state index < -0.39 is 0 Å². The molecule has 2 aliphatic rings. The average Bonchev–Trinajstić information content (AvgIpc) is 3.42. The van der Waals surface area contributed by atoms with E-state index in [0.29, 0.717) is 11.1 Å². The molecule has 2 aromatic carbocycles. The van der Waals surface area contributed by atoms with Crippen LogP contribution in [0, 0.1) is 0 Å². The topological polar surface area (TPSA) is 48.1 Å². The van der Waals surface area contributed by atoms with Gasteiger partial charge in [-0.3, -0.25) is 4.79 Å². The number of Topliss-reactive ketones (excluding diaryl/α,β-unsaturated/α-hetero) is 1. The summed E-state index contributed by atoms with van der Waals surface area (Å²) in [5.41, 5.74) is 5.21. The molecule has 0 saturated carbocycles. The van der Waals surface area contributed by atoms with Crippen molar-refractivity contribution in [3.63, 3.8) is 0 Å². The number of ketones is 1. The van der Waals surface area contributed by atoms with Gasteiger partial charge in [0, 0.05) is 61.8 Å². The van der Waals surface area contributed by atoms with Crippen LogP contribution in [0.3, 0.4) is 0 Å². The summed E-state index contributed by atoms with van der Waals surface area (Å²) in [5.74, 6) is -0.296. The van der Waals surface area contributed by atoms with E-state index in [2.05, 4.69) is 67.0 Å². The normalized spacial score (nSPS) is 16.8. The predicted octanol–water partition coefficient (Wildman–Crippen LogP) is 8.16. The zero-order valence-electron chi connectivity index (χ0n) is 22.2. The van der Waals surface area contributed by atoms with E-state index in [1.54, 1.807) is 0 Å².